The number of hydrogen-bond donors (Lipinski definition) is 2. The Hall–Kier alpha value is -0.610. The Morgan fingerprint density at radius 2 is 1.88 bits per heavy atom. The summed E-state index contributed by atoms with van der Waals surface area (Å²) in [6, 6.07) is 0. The molecular formula is C13H24N2O2. The van der Waals surface area contributed by atoms with Gasteiger partial charge in [0.1, 0.15) is 0 Å². The van der Waals surface area contributed by atoms with Crippen molar-refractivity contribution in [2.24, 2.45) is 11.8 Å². The van der Waals surface area contributed by atoms with Gasteiger partial charge in [-0.1, -0.05) is 6.42 Å². The number of nitrogens with one attached hydrogen (secondary N) is 1. The summed E-state index contributed by atoms with van der Waals surface area (Å²) in [5.41, 5.74) is 0. The monoisotopic (exact) mass is 240 g/mol. The first-order valence-corrected chi connectivity index (χ1v) is 6.88. The fourth-order valence-corrected chi connectivity index (χ4v) is 2.54. The van der Waals surface area contributed by atoms with Gasteiger partial charge in [-0.3, -0.25) is 9.69 Å². The van der Waals surface area contributed by atoms with E-state index in [0.717, 1.165) is 38.4 Å². The molecule has 1 saturated heterocycles. The van der Waals surface area contributed by atoms with E-state index >= 15 is 0 Å². The standard InChI is InChI=1S/C13H24N2O2/c16-10-12-4-6-15(7-5-12)9-13(17)14-8-11-2-1-3-11/h11-12,16H,1-10H2,(H,14,17). The van der Waals surface area contributed by atoms with Crippen LogP contribution >= 0.6 is 0 Å². The maximum atomic E-state index is 11.7. The van der Waals surface area contributed by atoms with Crippen LogP contribution in [0.5, 0.6) is 0 Å². The van der Waals surface area contributed by atoms with Crippen LogP contribution in [0, 0.1) is 11.8 Å². The lowest BCUT2D eigenvalue weighted by Crippen LogP contribution is -2.43. The Morgan fingerprint density at radius 3 is 2.41 bits per heavy atom. The zero-order valence-electron chi connectivity index (χ0n) is 10.5. The summed E-state index contributed by atoms with van der Waals surface area (Å²) in [5.74, 6) is 1.35. The van der Waals surface area contributed by atoms with Gasteiger partial charge in [0.05, 0.1) is 6.54 Å². The quantitative estimate of drug-likeness (QED) is 0.740. The number of nitrogens with zero attached hydrogens (tertiary/aromatic N) is 1. The Labute approximate surface area is 103 Å². The maximum absolute atomic E-state index is 11.7. The molecule has 0 bridgehead atoms. The summed E-state index contributed by atoms with van der Waals surface area (Å²) in [6.45, 7) is 3.59. The highest BCUT2D eigenvalue weighted by Gasteiger charge is 2.21. The number of aliphatic hydroxyl groups is 1. The molecule has 2 fully saturated rings. The normalized spacial score (nSPS) is 23.4. The fraction of sp³-hybridized carbons (Fsp3) is 0.923. The van der Waals surface area contributed by atoms with E-state index < -0.39 is 0 Å². The topological polar surface area (TPSA) is 52.6 Å². The molecule has 0 aromatic heterocycles. The molecule has 2 aliphatic rings. The van der Waals surface area contributed by atoms with Crippen molar-refractivity contribution < 1.29 is 9.90 Å². The Morgan fingerprint density at radius 1 is 1.18 bits per heavy atom. The first kappa shape index (κ1) is 12.8. The van der Waals surface area contributed by atoms with Crippen LogP contribution in [0.25, 0.3) is 0 Å². The highest BCUT2D eigenvalue weighted by Crippen LogP contribution is 2.25. The van der Waals surface area contributed by atoms with Gasteiger partial charge in [0.2, 0.25) is 5.91 Å². The molecule has 1 aliphatic carbocycles. The van der Waals surface area contributed by atoms with Gasteiger partial charge in [-0.05, 0) is 50.6 Å². The van der Waals surface area contributed by atoms with E-state index in [0.29, 0.717) is 19.1 Å². The molecule has 98 valence electrons. The van der Waals surface area contributed by atoms with E-state index in [4.69, 9.17) is 5.11 Å². The molecule has 0 spiro atoms. The smallest absolute Gasteiger partial charge is 0.234 e. The molecule has 4 heteroatoms. The fourth-order valence-electron chi connectivity index (χ4n) is 2.54. The Bertz CT molecular complexity index is 246. The SMILES string of the molecule is O=C(CN1CCC(CO)CC1)NCC1CCC1. The Kier molecular flexibility index (Phi) is 4.80. The second-order valence-corrected chi connectivity index (χ2v) is 5.50. The summed E-state index contributed by atoms with van der Waals surface area (Å²) in [7, 11) is 0. The van der Waals surface area contributed by atoms with E-state index in [1.165, 1.54) is 19.3 Å². The molecular weight excluding hydrogens is 216 g/mol. The molecule has 2 rings (SSSR count). The van der Waals surface area contributed by atoms with Crippen LogP contribution in [0.15, 0.2) is 0 Å². The van der Waals surface area contributed by atoms with Gasteiger partial charge in [-0.15, -0.1) is 0 Å². The van der Waals surface area contributed by atoms with Crippen molar-refractivity contribution in [2.75, 3.05) is 32.8 Å². The summed E-state index contributed by atoms with van der Waals surface area (Å²) < 4.78 is 0. The highest BCUT2D eigenvalue weighted by atomic mass is 16.3. The van der Waals surface area contributed by atoms with Crippen LogP contribution in [0.2, 0.25) is 0 Å². The molecule has 0 radical (unpaired) electrons. The van der Waals surface area contributed by atoms with Crippen molar-refractivity contribution >= 4 is 5.91 Å². The Balaban J connectivity index is 1.58. The predicted molar refractivity (Wildman–Crippen MR) is 66.6 cm³/mol. The number of hydrogen-bond acceptors (Lipinski definition) is 3. The number of likely N-dealkylation sites (tertiary alicyclic amines) is 1. The second-order valence-electron chi connectivity index (χ2n) is 5.50. The molecule has 0 unspecified atom stereocenters. The third kappa shape index (κ3) is 3.96. The van der Waals surface area contributed by atoms with Gasteiger partial charge in [-0.2, -0.15) is 0 Å². The van der Waals surface area contributed by atoms with Crippen LogP contribution in [0.4, 0.5) is 0 Å². The number of carbonyl (C=O) groups excluding carboxylic acids is 1. The molecule has 17 heavy (non-hydrogen) atoms. The van der Waals surface area contributed by atoms with Crippen molar-refractivity contribution in [3.05, 3.63) is 0 Å². The largest absolute Gasteiger partial charge is 0.396 e. The number of rotatable bonds is 5. The van der Waals surface area contributed by atoms with E-state index in [2.05, 4.69) is 10.2 Å². The lowest BCUT2D eigenvalue weighted by atomic mass is 9.85. The molecule has 0 aromatic carbocycles. The zero-order valence-corrected chi connectivity index (χ0v) is 10.5. The molecule has 2 N–H and O–H groups in total. The minimum absolute atomic E-state index is 0.166. The van der Waals surface area contributed by atoms with Crippen molar-refractivity contribution in [1.29, 1.82) is 0 Å². The van der Waals surface area contributed by atoms with E-state index in [-0.39, 0.29) is 5.91 Å². The van der Waals surface area contributed by atoms with Gasteiger partial charge >= 0.3 is 0 Å². The van der Waals surface area contributed by atoms with Crippen LogP contribution in [0.3, 0.4) is 0 Å². The highest BCUT2D eigenvalue weighted by molar-refractivity contribution is 5.78. The average molecular weight is 240 g/mol. The van der Waals surface area contributed by atoms with Crippen molar-refractivity contribution in [3.63, 3.8) is 0 Å². The summed E-state index contributed by atoms with van der Waals surface area (Å²) >= 11 is 0. The van der Waals surface area contributed by atoms with Gasteiger partial charge in [0, 0.05) is 13.2 Å². The molecule has 4 nitrogen and oxygen atoms in total. The first-order valence-electron chi connectivity index (χ1n) is 6.88. The van der Waals surface area contributed by atoms with Crippen LogP contribution < -0.4 is 5.32 Å². The van der Waals surface area contributed by atoms with Gasteiger partial charge in [-0.25, -0.2) is 0 Å². The third-order valence-electron chi connectivity index (χ3n) is 4.15. The number of amides is 1. The van der Waals surface area contributed by atoms with Crippen LogP contribution in [0.1, 0.15) is 32.1 Å². The molecule has 0 aromatic rings. The molecule has 1 aliphatic heterocycles. The lowest BCUT2D eigenvalue weighted by Gasteiger charge is -2.31. The summed E-state index contributed by atoms with van der Waals surface area (Å²) in [4.78, 5) is 13.9. The van der Waals surface area contributed by atoms with Crippen molar-refractivity contribution in [1.82, 2.24) is 10.2 Å². The molecule has 0 atom stereocenters. The second kappa shape index (κ2) is 6.36. The molecule has 1 amide bonds. The molecule has 1 saturated carbocycles. The first-order chi connectivity index (χ1) is 8.28. The van der Waals surface area contributed by atoms with Gasteiger partial charge in [0.25, 0.3) is 0 Å². The minimum Gasteiger partial charge on any atom is -0.396 e. The number of aliphatic hydroxyl groups excluding tert-OH is 1. The van der Waals surface area contributed by atoms with Gasteiger partial charge < -0.3 is 10.4 Å². The van der Waals surface area contributed by atoms with E-state index in [1.807, 2.05) is 0 Å². The minimum atomic E-state index is 0.166. The van der Waals surface area contributed by atoms with Crippen LogP contribution in [-0.4, -0.2) is 48.7 Å². The average Bonchev–Trinajstić information content (AvgIpc) is 2.28. The zero-order chi connectivity index (χ0) is 12.1. The number of piperidine rings is 1. The summed E-state index contributed by atoms with van der Waals surface area (Å²) in [5, 5.41) is 12.1. The maximum Gasteiger partial charge on any atom is 0.234 e. The third-order valence-corrected chi connectivity index (χ3v) is 4.15. The van der Waals surface area contributed by atoms with E-state index in [9.17, 15) is 4.79 Å². The summed E-state index contributed by atoms with van der Waals surface area (Å²) in [6.07, 6.45) is 5.93. The number of carbonyl (C=O) groups is 1. The van der Waals surface area contributed by atoms with Gasteiger partial charge in [0.15, 0.2) is 0 Å². The lowest BCUT2D eigenvalue weighted by molar-refractivity contribution is -0.122. The van der Waals surface area contributed by atoms with Crippen molar-refractivity contribution in [3.8, 4) is 0 Å². The predicted octanol–water partition coefficient (Wildman–Crippen LogP) is 0.607. The molecule has 1 heterocycles. The van der Waals surface area contributed by atoms with Crippen molar-refractivity contribution in [2.45, 2.75) is 32.1 Å². The van der Waals surface area contributed by atoms with E-state index in [1.54, 1.807) is 0 Å². The van der Waals surface area contributed by atoms with Crippen LogP contribution in [-0.2, 0) is 4.79 Å².